The molecule has 0 spiro atoms. The zero-order valence-electron chi connectivity index (χ0n) is 13.4. The molecule has 0 radical (unpaired) electrons. The third-order valence-electron chi connectivity index (χ3n) is 4.43. The molecule has 0 aliphatic carbocycles. The second-order valence-corrected chi connectivity index (χ2v) is 6.10. The van der Waals surface area contributed by atoms with Gasteiger partial charge in [-0.1, -0.05) is 18.2 Å². The monoisotopic (exact) mass is 316 g/mol. The van der Waals surface area contributed by atoms with Crippen LogP contribution >= 0.6 is 0 Å². The number of halogens is 1. The van der Waals surface area contributed by atoms with E-state index in [9.17, 15) is 9.18 Å². The molecule has 0 saturated carbocycles. The molecule has 1 saturated heterocycles. The van der Waals surface area contributed by atoms with Gasteiger partial charge in [-0.2, -0.15) is 5.10 Å². The Kier molecular flexibility index (Phi) is 4.43. The summed E-state index contributed by atoms with van der Waals surface area (Å²) >= 11 is 0. The van der Waals surface area contributed by atoms with Gasteiger partial charge in [-0.3, -0.25) is 9.48 Å². The molecule has 1 fully saturated rings. The van der Waals surface area contributed by atoms with Crippen LogP contribution in [0.15, 0.2) is 36.7 Å². The van der Waals surface area contributed by atoms with E-state index < -0.39 is 0 Å². The van der Waals surface area contributed by atoms with E-state index in [-0.39, 0.29) is 30.1 Å². The zero-order chi connectivity index (χ0) is 16.4. The molecule has 0 unspecified atom stereocenters. The number of carbonyl (C=O) groups is 1. The van der Waals surface area contributed by atoms with Crippen LogP contribution in [0.5, 0.6) is 0 Å². The van der Waals surface area contributed by atoms with E-state index in [4.69, 9.17) is 0 Å². The van der Waals surface area contributed by atoms with Gasteiger partial charge < -0.3 is 10.2 Å². The van der Waals surface area contributed by atoms with Crippen molar-refractivity contribution in [2.45, 2.75) is 12.5 Å². The van der Waals surface area contributed by atoms with E-state index in [0.717, 1.165) is 12.1 Å². The molecular formula is C17H21FN4O. The predicted octanol–water partition coefficient (Wildman–Crippen LogP) is 1.52. The summed E-state index contributed by atoms with van der Waals surface area (Å²) in [5.74, 6) is -0.275. The SMILES string of the molecule is CN(Cc1ccccc1F)C(=O)[C@H]1CNC[C@@H]1c1cnn(C)c1. The van der Waals surface area contributed by atoms with Gasteiger partial charge in [-0.25, -0.2) is 4.39 Å². The topological polar surface area (TPSA) is 50.2 Å². The minimum atomic E-state index is -0.277. The van der Waals surface area contributed by atoms with Gasteiger partial charge in [0, 0.05) is 51.4 Å². The summed E-state index contributed by atoms with van der Waals surface area (Å²) in [6.45, 7) is 1.68. The first kappa shape index (κ1) is 15.7. The number of nitrogens with zero attached hydrogens (tertiary/aromatic N) is 3. The molecule has 2 aromatic rings. The third-order valence-corrected chi connectivity index (χ3v) is 4.43. The summed E-state index contributed by atoms with van der Waals surface area (Å²) in [7, 11) is 3.60. The highest BCUT2D eigenvalue weighted by atomic mass is 19.1. The molecule has 1 amide bonds. The highest BCUT2D eigenvalue weighted by molar-refractivity contribution is 5.80. The maximum atomic E-state index is 13.8. The Morgan fingerprint density at radius 2 is 2.22 bits per heavy atom. The number of nitrogens with one attached hydrogen (secondary N) is 1. The molecule has 2 atom stereocenters. The van der Waals surface area contributed by atoms with Gasteiger partial charge >= 0.3 is 0 Å². The van der Waals surface area contributed by atoms with Gasteiger partial charge in [0.05, 0.1) is 12.1 Å². The molecule has 122 valence electrons. The predicted molar refractivity (Wildman–Crippen MR) is 85.2 cm³/mol. The van der Waals surface area contributed by atoms with Crippen molar-refractivity contribution >= 4 is 5.91 Å². The second kappa shape index (κ2) is 6.50. The van der Waals surface area contributed by atoms with Crippen LogP contribution in [-0.4, -0.2) is 40.7 Å². The average Bonchev–Trinajstić information content (AvgIpc) is 3.17. The van der Waals surface area contributed by atoms with E-state index >= 15 is 0 Å². The number of benzene rings is 1. The van der Waals surface area contributed by atoms with Crippen LogP contribution in [0.4, 0.5) is 4.39 Å². The third kappa shape index (κ3) is 3.27. The fourth-order valence-electron chi connectivity index (χ4n) is 3.16. The van der Waals surface area contributed by atoms with Crippen LogP contribution in [0.2, 0.25) is 0 Å². The maximum absolute atomic E-state index is 13.8. The number of amides is 1. The normalized spacial score (nSPS) is 20.7. The van der Waals surface area contributed by atoms with Crippen LogP contribution in [-0.2, 0) is 18.4 Å². The van der Waals surface area contributed by atoms with Crippen molar-refractivity contribution in [3.05, 3.63) is 53.6 Å². The van der Waals surface area contributed by atoms with Crippen molar-refractivity contribution in [3.63, 3.8) is 0 Å². The number of aryl methyl sites for hydroxylation is 1. The largest absolute Gasteiger partial charge is 0.341 e. The number of aromatic nitrogens is 2. The van der Waals surface area contributed by atoms with Crippen LogP contribution in [0, 0.1) is 11.7 Å². The lowest BCUT2D eigenvalue weighted by Gasteiger charge is -2.24. The van der Waals surface area contributed by atoms with E-state index in [0.29, 0.717) is 12.1 Å². The Balaban J connectivity index is 1.72. The summed E-state index contributed by atoms with van der Waals surface area (Å²) in [5.41, 5.74) is 1.60. The smallest absolute Gasteiger partial charge is 0.227 e. The highest BCUT2D eigenvalue weighted by Crippen LogP contribution is 2.29. The first-order valence-corrected chi connectivity index (χ1v) is 7.74. The Morgan fingerprint density at radius 1 is 1.43 bits per heavy atom. The molecule has 6 heteroatoms. The molecular weight excluding hydrogens is 295 g/mol. The van der Waals surface area contributed by atoms with Gasteiger partial charge in [0.25, 0.3) is 0 Å². The van der Waals surface area contributed by atoms with Crippen molar-refractivity contribution in [1.82, 2.24) is 20.0 Å². The molecule has 0 bridgehead atoms. The fraction of sp³-hybridized carbons (Fsp3) is 0.412. The molecule has 1 aromatic heterocycles. The van der Waals surface area contributed by atoms with Gasteiger partial charge in [-0.15, -0.1) is 0 Å². The number of hydrogen-bond donors (Lipinski definition) is 1. The lowest BCUT2D eigenvalue weighted by molar-refractivity contribution is -0.134. The summed E-state index contributed by atoms with van der Waals surface area (Å²) in [4.78, 5) is 14.4. The average molecular weight is 316 g/mol. The molecule has 1 aromatic carbocycles. The van der Waals surface area contributed by atoms with Crippen molar-refractivity contribution in [3.8, 4) is 0 Å². The Morgan fingerprint density at radius 3 is 2.91 bits per heavy atom. The van der Waals surface area contributed by atoms with Crippen LogP contribution in [0.1, 0.15) is 17.0 Å². The van der Waals surface area contributed by atoms with Gasteiger partial charge in [0.15, 0.2) is 0 Å². The Hall–Kier alpha value is -2.21. The Labute approximate surface area is 135 Å². The second-order valence-electron chi connectivity index (χ2n) is 6.10. The lowest BCUT2D eigenvalue weighted by atomic mass is 9.90. The van der Waals surface area contributed by atoms with E-state index in [1.165, 1.54) is 6.07 Å². The molecule has 5 nitrogen and oxygen atoms in total. The standard InChI is InChI=1S/C17H21FN4O/c1-21(10-12-5-3-4-6-16(12)18)17(23)15-9-19-8-14(15)13-7-20-22(2)11-13/h3-7,11,14-15,19H,8-10H2,1-2H3/t14-,15+/m1/s1. The molecule has 23 heavy (non-hydrogen) atoms. The first-order valence-electron chi connectivity index (χ1n) is 7.74. The van der Waals surface area contributed by atoms with E-state index in [2.05, 4.69) is 10.4 Å². The number of carbonyl (C=O) groups excluding carboxylic acids is 1. The van der Waals surface area contributed by atoms with Crippen molar-refractivity contribution < 1.29 is 9.18 Å². The van der Waals surface area contributed by atoms with Gasteiger partial charge in [-0.05, 0) is 11.6 Å². The molecule has 3 rings (SSSR count). The van der Waals surface area contributed by atoms with Gasteiger partial charge in [0.2, 0.25) is 5.91 Å². The maximum Gasteiger partial charge on any atom is 0.227 e. The number of hydrogen-bond acceptors (Lipinski definition) is 3. The summed E-state index contributed by atoms with van der Waals surface area (Å²) in [5, 5.41) is 7.48. The minimum absolute atomic E-state index is 0.0344. The van der Waals surface area contributed by atoms with Crippen LogP contribution < -0.4 is 5.32 Å². The summed E-state index contributed by atoms with van der Waals surface area (Å²) in [6.07, 6.45) is 3.77. The minimum Gasteiger partial charge on any atom is -0.341 e. The molecule has 2 heterocycles. The highest BCUT2D eigenvalue weighted by Gasteiger charge is 2.36. The zero-order valence-corrected chi connectivity index (χ0v) is 13.4. The van der Waals surface area contributed by atoms with Crippen molar-refractivity contribution in [1.29, 1.82) is 0 Å². The summed E-state index contributed by atoms with van der Waals surface area (Å²) < 4.78 is 15.5. The van der Waals surface area contributed by atoms with E-state index in [1.54, 1.807) is 34.8 Å². The lowest BCUT2D eigenvalue weighted by Crippen LogP contribution is -2.35. The first-order chi connectivity index (χ1) is 11.1. The van der Waals surface area contributed by atoms with Crippen LogP contribution in [0.3, 0.4) is 0 Å². The fourth-order valence-corrected chi connectivity index (χ4v) is 3.16. The molecule has 1 N–H and O–H groups in total. The Bertz CT molecular complexity index is 699. The van der Waals surface area contributed by atoms with E-state index in [1.807, 2.05) is 19.4 Å². The van der Waals surface area contributed by atoms with Gasteiger partial charge in [0.1, 0.15) is 5.82 Å². The van der Waals surface area contributed by atoms with Crippen molar-refractivity contribution in [2.75, 3.05) is 20.1 Å². The van der Waals surface area contributed by atoms with Crippen molar-refractivity contribution in [2.24, 2.45) is 13.0 Å². The molecule has 1 aliphatic heterocycles. The van der Waals surface area contributed by atoms with Crippen LogP contribution in [0.25, 0.3) is 0 Å². The summed E-state index contributed by atoms with van der Waals surface area (Å²) in [6, 6.07) is 6.57. The quantitative estimate of drug-likeness (QED) is 0.930. The molecule has 1 aliphatic rings. The number of rotatable bonds is 4.